The van der Waals surface area contributed by atoms with Gasteiger partial charge in [0, 0.05) is 19.6 Å². The standard InChI is InChI=1S/C12H22N2O4/c1-6-10(15)13-9(2)7-8-14(3,4)11(18-5)12(16)17/h6,9,11H,1,7-8H2,2-5H3,(H-,13,15,16,17)/p+1. The summed E-state index contributed by atoms with van der Waals surface area (Å²) >= 11 is 0. The van der Waals surface area contributed by atoms with Crippen molar-refractivity contribution in [1.82, 2.24) is 5.32 Å². The number of aliphatic carboxylic acids is 1. The van der Waals surface area contributed by atoms with Crippen LogP contribution in [0, 0.1) is 0 Å². The summed E-state index contributed by atoms with van der Waals surface area (Å²) < 4.78 is 5.17. The molecule has 0 aliphatic rings. The third kappa shape index (κ3) is 5.29. The van der Waals surface area contributed by atoms with Crippen LogP contribution in [-0.4, -0.2) is 61.5 Å². The van der Waals surface area contributed by atoms with Crippen LogP contribution in [0.15, 0.2) is 12.7 Å². The van der Waals surface area contributed by atoms with Crippen molar-refractivity contribution in [3.8, 4) is 0 Å². The first-order valence-corrected chi connectivity index (χ1v) is 5.75. The molecule has 0 bridgehead atoms. The molecule has 0 aromatic rings. The van der Waals surface area contributed by atoms with Gasteiger partial charge in [0.15, 0.2) is 0 Å². The van der Waals surface area contributed by atoms with Gasteiger partial charge in [-0.3, -0.25) is 9.28 Å². The number of ether oxygens (including phenoxy) is 1. The number of quaternary nitrogens is 1. The highest BCUT2D eigenvalue weighted by Crippen LogP contribution is 2.10. The van der Waals surface area contributed by atoms with Crippen LogP contribution >= 0.6 is 0 Å². The minimum atomic E-state index is -0.995. The summed E-state index contributed by atoms with van der Waals surface area (Å²) in [6, 6.07) is -0.0424. The predicted octanol–water partition coefficient (Wildman–Crippen LogP) is 0.201. The maximum Gasteiger partial charge on any atom is 0.392 e. The summed E-state index contributed by atoms with van der Waals surface area (Å²) in [5.41, 5.74) is 0. The number of nitrogens with one attached hydrogen (secondary N) is 1. The quantitative estimate of drug-likeness (QED) is 0.371. The van der Waals surface area contributed by atoms with Gasteiger partial charge in [-0.2, -0.15) is 0 Å². The number of carboxylic acids is 1. The molecule has 2 N–H and O–H groups in total. The first kappa shape index (κ1) is 16.6. The zero-order chi connectivity index (χ0) is 14.3. The second kappa shape index (κ2) is 7.13. The average Bonchev–Trinajstić information content (AvgIpc) is 2.26. The number of nitrogens with zero attached hydrogens (tertiary/aromatic N) is 1. The van der Waals surface area contributed by atoms with Crippen molar-refractivity contribution in [2.24, 2.45) is 0 Å². The van der Waals surface area contributed by atoms with E-state index in [9.17, 15) is 9.59 Å². The molecule has 0 fully saturated rings. The molecule has 2 unspecified atom stereocenters. The van der Waals surface area contributed by atoms with Crippen molar-refractivity contribution in [3.63, 3.8) is 0 Å². The van der Waals surface area contributed by atoms with Gasteiger partial charge in [0.05, 0.1) is 20.6 Å². The number of methoxy groups -OCH3 is 1. The summed E-state index contributed by atoms with van der Waals surface area (Å²) in [5, 5.41) is 11.8. The van der Waals surface area contributed by atoms with E-state index in [1.54, 1.807) is 14.1 Å². The first-order chi connectivity index (χ1) is 8.24. The minimum Gasteiger partial charge on any atom is -0.475 e. The lowest BCUT2D eigenvalue weighted by molar-refractivity contribution is -0.927. The SMILES string of the molecule is C=CC(=O)NC(C)CC[N+](C)(C)C(OC)C(=O)O. The van der Waals surface area contributed by atoms with Crippen molar-refractivity contribution in [3.05, 3.63) is 12.7 Å². The Hall–Kier alpha value is -1.40. The molecule has 1 amide bonds. The molecule has 0 radical (unpaired) electrons. The minimum absolute atomic E-state index is 0.0424. The maximum absolute atomic E-state index is 11.1. The summed E-state index contributed by atoms with van der Waals surface area (Å²) in [6.07, 6.45) is 0.957. The smallest absolute Gasteiger partial charge is 0.392 e. The summed E-state index contributed by atoms with van der Waals surface area (Å²) in [4.78, 5) is 22.1. The van der Waals surface area contributed by atoms with Gasteiger partial charge in [0.25, 0.3) is 6.23 Å². The van der Waals surface area contributed by atoms with Crippen molar-refractivity contribution in [2.45, 2.75) is 25.6 Å². The number of carbonyl (C=O) groups excluding carboxylic acids is 1. The fourth-order valence-corrected chi connectivity index (χ4v) is 1.70. The Labute approximate surface area is 108 Å². The van der Waals surface area contributed by atoms with Crippen LogP contribution in [0.25, 0.3) is 0 Å². The third-order valence-corrected chi connectivity index (χ3v) is 2.78. The Balaban J connectivity index is 4.36. The fourth-order valence-electron chi connectivity index (χ4n) is 1.70. The molecule has 6 nitrogen and oxygen atoms in total. The molecule has 0 spiro atoms. The zero-order valence-electron chi connectivity index (χ0n) is 11.5. The summed E-state index contributed by atoms with van der Waals surface area (Å²) in [7, 11) is 4.94. The number of hydrogen-bond acceptors (Lipinski definition) is 3. The Bertz CT molecular complexity index is 315. The molecular weight excluding hydrogens is 236 g/mol. The maximum atomic E-state index is 11.1. The number of carboxylic acid groups (broad SMARTS) is 1. The van der Waals surface area contributed by atoms with Gasteiger partial charge in [-0.1, -0.05) is 6.58 Å². The molecule has 0 aliphatic carbocycles. The number of amides is 1. The molecule has 0 rings (SSSR count). The van der Waals surface area contributed by atoms with Crippen LogP contribution in [0.2, 0.25) is 0 Å². The normalized spacial score (nSPS) is 14.7. The lowest BCUT2D eigenvalue weighted by Gasteiger charge is -2.34. The lowest BCUT2D eigenvalue weighted by atomic mass is 10.2. The van der Waals surface area contributed by atoms with Gasteiger partial charge >= 0.3 is 5.97 Å². The molecule has 104 valence electrons. The van der Waals surface area contributed by atoms with E-state index < -0.39 is 12.2 Å². The van der Waals surface area contributed by atoms with Crippen LogP contribution < -0.4 is 5.32 Å². The molecule has 0 saturated heterocycles. The van der Waals surface area contributed by atoms with E-state index in [2.05, 4.69) is 11.9 Å². The second-order valence-electron chi connectivity index (χ2n) is 4.83. The van der Waals surface area contributed by atoms with Crippen molar-refractivity contribution in [2.75, 3.05) is 27.7 Å². The largest absolute Gasteiger partial charge is 0.475 e. The Morgan fingerprint density at radius 2 is 2.06 bits per heavy atom. The Morgan fingerprint density at radius 3 is 2.44 bits per heavy atom. The number of carbonyl (C=O) groups is 2. The zero-order valence-corrected chi connectivity index (χ0v) is 11.5. The van der Waals surface area contributed by atoms with E-state index in [4.69, 9.17) is 9.84 Å². The molecule has 0 aromatic heterocycles. The van der Waals surface area contributed by atoms with E-state index in [0.717, 1.165) is 0 Å². The van der Waals surface area contributed by atoms with Gasteiger partial charge in [-0.15, -0.1) is 0 Å². The number of likely N-dealkylation sites (N-methyl/N-ethyl adjacent to an activating group) is 1. The van der Waals surface area contributed by atoms with E-state index in [0.29, 0.717) is 13.0 Å². The molecular formula is C12H23N2O4+. The van der Waals surface area contributed by atoms with Gasteiger partial charge in [0.2, 0.25) is 5.91 Å². The second-order valence-corrected chi connectivity index (χ2v) is 4.83. The van der Waals surface area contributed by atoms with Crippen molar-refractivity contribution < 1.29 is 23.9 Å². The highest BCUT2D eigenvalue weighted by molar-refractivity contribution is 5.87. The van der Waals surface area contributed by atoms with Crippen LogP contribution in [0.5, 0.6) is 0 Å². The Morgan fingerprint density at radius 1 is 1.50 bits per heavy atom. The van der Waals surface area contributed by atoms with Crippen LogP contribution in [0.3, 0.4) is 0 Å². The molecule has 2 atom stereocenters. The molecule has 0 aromatic carbocycles. The fraction of sp³-hybridized carbons (Fsp3) is 0.667. The number of hydrogen-bond donors (Lipinski definition) is 2. The summed E-state index contributed by atoms with van der Waals surface area (Å²) in [5.74, 6) is -1.22. The third-order valence-electron chi connectivity index (χ3n) is 2.78. The van der Waals surface area contributed by atoms with Crippen molar-refractivity contribution in [1.29, 1.82) is 0 Å². The highest BCUT2D eigenvalue weighted by Gasteiger charge is 2.35. The van der Waals surface area contributed by atoms with Crippen LogP contribution in [-0.2, 0) is 14.3 Å². The molecule has 0 aliphatic heterocycles. The van der Waals surface area contributed by atoms with Gasteiger partial charge < -0.3 is 15.2 Å². The lowest BCUT2D eigenvalue weighted by Crippen LogP contribution is -2.55. The average molecular weight is 259 g/mol. The van der Waals surface area contributed by atoms with E-state index in [1.807, 2.05) is 6.92 Å². The number of rotatable bonds is 8. The van der Waals surface area contributed by atoms with Crippen LogP contribution in [0.1, 0.15) is 13.3 Å². The molecule has 6 heteroatoms. The monoisotopic (exact) mass is 259 g/mol. The van der Waals surface area contributed by atoms with Crippen molar-refractivity contribution >= 4 is 11.9 Å². The molecule has 18 heavy (non-hydrogen) atoms. The van der Waals surface area contributed by atoms with Gasteiger partial charge in [-0.25, -0.2) is 4.79 Å². The highest BCUT2D eigenvalue weighted by atomic mass is 16.5. The van der Waals surface area contributed by atoms with Gasteiger partial charge in [-0.05, 0) is 13.0 Å². The molecule has 0 saturated carbocycles. The van der Waals surface area contributed by atoms with E-state index in [-0.39, 0.29) is 16.4 Å². The predicted molar refractivity (Wildman–Crippen MR) is 67.8 cm³/mol. The summed E-state index contributed by atoms with van der Waals surface area (Å²) in [6.45, 7) is 5.81. The van der Waals surface area contributed by atoms with Crippen LogP contribution in [0.4, 0.5) is 0 Å². The van der Waals surface area contributed by atoms with E-state index in [1.165, 1.54) is 13.2 Å². The molecule has 0 heterocycles. The van der Waals surface area contributed by atoms with Gasteiger partial charge in [0.1, 0.15) is 0 Å². The first-order valence-electron chi connectivity index (χ1n) is 5.75. The Kier molecular flexibility index (Phi) is 6.57. The van der Waals surface area contributed by atoms with E-state index >= 15 is 0 Å². The topological polar surface area (TPSA) is 75.6 Å².